The monoisotopic (exact) mass is 380 g/mol. The Morgan fingerprint density at radius 1 is 0.815 bits per heavy atom. The molecule has 0 fully saturated rings. The van der Waals surface area contributed by atoms with Crippen molar-refractivity contribution in [1.29, 1.82) is 0 Å². The molecular weight excluding hydrogens is 364 g/mol. The van der Waals surface area contributed by atoms with Gasteiger partial charge in [-0.1, -0.05) is 29.8 Å². The van der Waals surface area contributed by atoms with Crippen molar-refractivity contribution in [3.63, 3.8) is 0 Å². The van der Waals surface area contributed by atoms with Crippen LogP contribution in [0.15, 0.2) is 72.8 Å². The highest BCUT2D eigenvalue weighted by atomic mass is 35.5. The highest BCUT2D eigenvalue weighted by Crippen LogP contribution is 2.19. The van der Waals surface area contributed by atoms with E-state index in [9.17, 15) is 9.59 Å². The SMILES string of the molecule is COc1ccc(NC(=O)c2cccc(NC(=O)c3ccccc3Cl)c2)cc1. The Morgan fingerprint density at radius 3 is 2.22 bits per heavy atom. The Morgan fingerprint density at radius 2 is 1.52 bits per heavy atom. The van der Waals surface area contributed by atoms with Gasteiger partial charge >= 0.3 is 0 Å². The number of ether oxygens (including phenoxy) is 1. The normalized spacial score (nSPS) is 10.1. The number of carbonyl (C=O) groups is 2. The fourth-order valence-electron chi connectivity index (χ4n) is 2.46. The van der Waals surface area contributed by atoms with Gasteiger partial charge in [0, 0.05) is 16.9 Å². The van der Waals surface area contributed by atoms with Gasteiger partial charge in [-0.05, 0) is 54.6 Å². The molecule has 6 heteroatoms. The molecule has 2 N–H and O–H groups in total. The summed E-state index contributed by atoms with van der Waals surface area (Å²) in [7, 11) is 1.58. The minimum atomic E-state index is -0.340. The lowest BCUT2D eigenvalue weighted by molar-refractivity contribution is 0.101. The minimum absolute atomic E-state index is 0.283. The van der Waals surface area contributed by atoms with E-state index in [0.29, 0.717) is 33.3 Å². The van der Waals surface area contributed by atoms with Crippen molar-refractivity contribution < 1.29 is 14.3 Å². The van der Waals surface area contributed by atoms with Crippen molar-refractivity contribution in [3.8, 4) is 5.75 Å². The molecule has 2 amide bonds. The lowest BCUT2D eigenvalue weighted by Gasteiger charge is -2.09. The standard InChI is InChI=1S/C21H17ClN2O3/c1-27-17-11-9-15(10-12-17)23-20(25)14-5-4-6-16(13-14)24-21(26)18-7-2-3-8-19(18)22/h2-13H,1H3,(H,23,25)(H,24,26). The summed E-state index contributed by atoms with van der Waals surface area (Å²) < 4.78 is 5.09. The largest absolute Gasteiger partial charge is 0.497 e. The van der Waals surface area contributed by atoms with E-state index >= 15 is 0 Å². The number of hydrogen-bond acceptors (Lipinski definition) is 3. The van der Waals surface area contributed by atoms with Crippen LogP contribution in [0.1, 0.15) is 20.7 Å². The van der Waals surface area contributed by atoms with Crippen molar-refractivity contribution in [2.45, 2.75) is 0 Å². The predicted molar refractivity (Wildman–Crippen MR) is 107 cm³/mol. The number of halogens is 1. The third-order valence-electron chi connectivity index (χ3n) is 3.85. The predicted octanol–water partition coefficient (Wildman–Crippen LogP) is 4.85. The number of anilines is 2. The van der Waals surface area contributed by atoms with E-state index in [1.165, 1.54) is 0 Å². The summed E-state index contributed by atoms with van der Waals surface area (Å²) in [6.07, 6.45) is 0. The van der Waals surface area contributed by atoms with Crippen LogP contribution in [0, 0.1) is 0 Å². The van der Waals surface area contributed by atoms with Crippen LogP contribution in [-0.2, 0) is 0 Å². The molecule has 136 valence electrons. The molecule has 0 saturated carbocycles. The maximum atomic E-state index is 12.5. The van der Waals surface area contributed by atoms with Crippen molar-refractivity contribution in [2.75, 3.05) is 17.7 Å². The van der Waals surface area contributed by atoms with Gasteiger partial charge in [0.1, 0.15) is 5.75 Å². The molecule has 0 aliphatic carbocycles. The van der Waals surface area contributed by atoms with Gasteiger partial charge in [0.05, 0.1) is 17.7 Å². The maximum absolute atomic E-state index is 12.5. The van der Waals surface area contributed by atoms with Crippen LogP contribution >= 0.6 is 11.6 Å². The molecule has 3 aromatic rings. The smallest absolute Gasteiger partial charge is 0.257 e. The van der Waals surface area contributed by atoms with Gasteiger partial charge in [-0.2, -0.15) is 0 Å². The van der Waals surface area contributed by atoms with Crippen molar-refractivity contribution in [1.82, 2.24) is 0 Å². The number of rotatable bonds is 5. The second kappa shape index (κ2) is 8.38. The van der Waals surface area contributed by atoms with Gasteiger partial charge in [-0.15, -0.1) is 0 Å². The summed E-state index contributed by atoms with van der Waals surface area (Å²) in [5, 5.41) is 5.92. The van der Waals surface area contributed by atoms with Crippen LogP contribution in [0.4, 0.5) is 11.4 Å². The average molecular weight is 381 g/mol. The minimum Gasteiger partial charge on any atom is -0.497 e. The first kappa shape index (κ1) is 18.5. The van der Waals surface area contributed by atoms with Crippen molar-refractivity contribution >= 4 is 34.8 Å². The van der Waals surface area contributed by atoms with E-state index in [0.717, 1.165) is 0 Å². The molecule has 0 aromatic heterocycles. The summed E-state index contributed by atoms with van der Waals surface area (Å²) in [4.78, 5) is 24.8. The Hall–Kier alpha value is -3.31. The molecule has 5 nitrogen and oxygen atoms in total. The number of hydrogen-bond donors (Lipinski definition) is 2. The highest BCUT2D eigenvalue weighted by molar-refractivity contribution is 6.34. The highest BCUT2D eigenvalue weighted by Gasteiger charge is 2.12. The molecule has 0 heterocycles. The average Bonchev–Trinajstić information content (AvgIpc) is 2.69. The second-order valence-electron chi connectivity index (χ2n) is 5.70. The molecule has 0 spiro atoms. The molecular formula is C21H17ClN2O3. The quantitative estimate of drug-likeness (QED) is 0.664. The Balaban J connectivity index is 1.71. The lowest BCUT2D eigenvalue weighted by Crippen LogP contribution is -2.15. The Labute approximate surface area is 161 Å². The molecule has 0 bridgehead atoms. The van der Waals surface area contributed by atoms with E-state index in [-0.39, 0.29) is 11.8 Å². The fourth-order valence-corrected chi connectivity index (χ4v) is 2.68. The first-order valence-corrected chi connectivity index (χ1v) is 8.56. The van der Waals surface area contributed by atoms with Gasteiger partial charge < -0.3 is 15.4 Å². The molecule has 3 aromatic carbocycles. The van der Waals surface area contributed by atoms with Crippen LogP contribution in [0.3, 0.4) is 0 Å². The van der Waals surface area contributed by atoms with E-state index in [1.807, 2.05) is 0 Å². The third kappa shape index (κ3) is 4.65. The van der Waals surface area contributed by atoms with E-state index < -0.39 is 0 Å². The Kier molecular flexibility index (Phi) is 5.74. The van der Waals surface area contributed by atoms with Gasteiger partial charge in [0.15, 0.2) is 0 Å². The molecule has 0 aliphatic heterocycles. The van der Waals surface area contributed by atoms with Crippen LogP contribution in [0.2, 0.25) is 5.02 Å². The fraction of sp³-hybridized carbons (Fsp3) is 0.0476. The van der Waals surface area contributed by atoms with Crippen molar-refractivity contribution in [2.24, 2.45) is 0 Å². The summed E-state index contributed by atoms with van der Waals surface area (Å²) in [5.41, 5.74) is 1.93. The molecule has 0 unspecified atom stereocenters. The molecule has 0 atom stereocenters. The first-order chi connectivity index (χ1) is 13.1. The van der Waals surface area contributed by atoms with Crippen LogP contribution < -0.4 is 15.4 Å². The number of carbonyl (C=O) groups excluding carboxylic acids is 2. The second-order valence-corrected chi connectivity index (χ2v) is 6.10. The van der Waals surface area contributed by atoms with Gasteiger partial charge in [-0.25, -0.2) is 0 Å². The zero-order chi connectivity index (χ0) is 19.2. The molecule has 0 saturated heterocycles. The zero-order valence-corrected chi connectivity index (χ0v) is 15.3. The number of nitrogens with one attached hydrogen (secondary N) is 2. The van der Waals surface area contributed by atoms with E-state index in [1.54, 1.807) is 79.9 Å². The Bertz CT molecular complexity index is 971. The maximum Gasteiger partial charge on any atom is 0.257 e. The summed E-state index contributed by atoms with van der Waals surface area (Å²) in [6, 6.07) is 20.5. The number of amides is 2. The summed E-state index contributed by atoms with van der Waals surface area (Å²) in [5.74, 6) is 0.0830. The molecule has 0 radical (unpaired) electrons. The van der Waals surface area contributed by atoms with Gasteiger partial charge in [0.2, 0.25) is 0 Å². The first-order valence-electron chi connectivity index (χ1n) is 8.18. The molecule has 27 heavy (non-hydrogen) atoms. The molecule has 0 aliphatic rings. The van der Waals surface area contributed by atoms with Crippen LogP contribution in [-0.4, -0.2) is 18.9 Å². The zero-order valence-electron chi connectivity index (χ0n) is 14.5. The van der Waals surface area contributed by atoms with Gasteiger partial charge in [-0.3, -0.25) is 9.59 Å². The topological polar surface area (TPSA) is 67.4 Å². The van der Waals surface area contributed by atoms with E-state index in [2.05, 4.69) is 10.6 Å². The number of benzene rings is 3. The third-order valence-corrected chi connectivity index (χ3v) is 4.18. The van der Waals surface area contributed by atoms with Crippen molar-refractivity contribution in [3.05, 3.63) is 88.9 Å². The lowest BCUT2D eigenvalue weighted by atomic mass is 10.1. The van der Waals surface area contributed by atoms with Crippen LogP contribution in [0.25, 0.3) is 0 Å². The molecule has 3 rings (SSSR count). The number of methoxy groups -OCH3 is 1. The van der Waals surface area contributed by atoms with Crippen LogP contribution in [0.5, 0.6) is 5.75 Å². The summed E-state index contributed by atoms with van der Waals surface area (Å²) >= 11 is 6.05. The van der Waals surface area contributed by atoms with E-state index in [4.69, 9.17) is 16.3 Å². The van der Waals surface area contributed by atoms with Gasteiger partial charge in [0.25, 0.3) is 11.8 Å². The summed E-state index contributed by atoms with van der Waals surface area (Å²) in [6.45, 7) is 0.